The Morgan fingerprint density at radius 1 is 1.36 bits per heavy atom. The number of cyclic esters (lactones) is 1. The topological polar surface area (TPSA) is 67.4 Å². The Balaban J connectivity index is 1.83. The molecular weight excluding hydrogens is 300 g/mol. The van der Waals surface area contributed by atoms with Gasteiger partial charge in [0.25, 0.3) is 0 Å². The van der Waals surface area contributed by atoms with Crippen molar-refractivity contribution in [3.8, 4) is 0 Å². The van der Waals surface area contributed by atoms with E-state index in [-0.39, 0.29) is 23.4 Å². The van der Waals surface area contributed by atoms with Gasteiger partial charge in [0.15, 0.2) is 5.11 Å². The average Bonchev–Trinajstić information content (AvgIpc) is 2.64. The first kappa shape index (κ1) is 16.4. The number of ether oxygens (including phenoxy) is 1. The van der Waals surface area contributed by atoms with Gasteiger partial charge in [-0.05, 0) is 45.1 Å². The molecule has 1 saturated heterocycles. The van der Waals surface area contributed by atoms with Gasteiger partial charge in [0.1, 0.15) is 5.60 Å². The van der Waals surface area contributed by atoms with Crippen molar-refractivity contribution in [1.82, 2.24) is 5.32 Å². The van der Waals surface area contributed by atoms with Gasteiger partial charge >= 0.3 is 5.97 Å². The molecule has 1 aromatic rings. The average molecular weight is 320 g/mol. The van der Waals surface area contributed by atoms with E-state index in [1.807, 2.05) is 45.0 Å². The van der Waals surface area contributed by atoms with E-state index in [9.17, 15) is 9.59 Å². The Kier molecular flexibility index (Phi) is 4.81. The van der Waals surface area contributed by atoms with Crippen molar-refractivity contribution < 1.29 is 14.3 Å². The molecule has 0 aromatic heterocycles. The Morgan fingerprint density at radius 2 is 2.00 bits per heavy atom. The molecule has 22 heavy (non-hydrogen) atoms. The number of rotatable bonds is 3. The molecule has 0 radical (unpaired) electrons. The van der Waals surface area contributed by atoms with E-state index in [4.69, 9.17) is 17.0 Å². The maximum atomic E-state index is 12.0. The van der Waals surface area contributed by atoms with Crippen molar-refractivity contribution in [2.24, 2.45) is 5.92 Å². The van der Waals surface area contributed by atoms with Crippen LogP contribution in [0, 0.1) is 12.8 Å². The number of esters is 1. The molecule has 6 heteroatoms. The molecule has 1 aliphatic heterocycles. The second kappa shape index (κ2) is 6.44. The molecule has 2 rings (SSSR count). The van der Waals surface area contributed by atoms with Gasteiger partial charge in [0.05, 0.1) is 5.92 Å². The fraction of sp³-hybridized carbons (Fsp3) is 0.438. The fourth-order valence-corrected chi connectivity index (χ4v) is 2.66. The Hall–Kier alpha value is -1.95. The molecule has 118 valence electrons. The molecule has 5 nitrogen and oxygen atoms in total. The molecule has 1 fully saturated rings. The molecule has 1 aromatic carbocycles. The maximum Gasteiger partial charge on any atom is 0.310 e. The van der Waals surface area contributed by atoms with Crippen LogP contribution in [0.2, 0.25) is 0 Å². The smallest absolute Gasteiger partial charge is 0.310 e. The molecule has 1 atom stereocenters. The van der Waals surface area contributed by atoms with Gasteiger partial charge < -0.3 is 15.4 Å². The number of benzene rings is 1. The van der Waals surface area contributed by atoms with Crippen molar-refractivity contribution in [2.45, 2.75) is 39.2 Å². The predicted octanol–water partition coefficient (Wildman–Crippen LogP) is 2.54. The second-order valence-corrected chi connectivity index (χ2v) is 6.56. The highest BCUT2D eigenvalue weighted by Crippen LogP contribution is 2.32. The lowest BCUT2D eigenvalue weighted by Gasteiger charge is -2.14. The van der Waals surface area contributed by atoms with Gasteiger partial charge in [-0.15, -0.1) is 0 Å². The number of hydrogen-bond donors (Lipinski definition) is 2. The van der Waals surface area contributed by atoms with E-state index in [1.54, 1.807) is 0 Å². The number of anilines is 1. The third-order valence-electron chi connectivity index (χ3n) is 3.44. The highest BCUT2D eigenvalue weighted by atomic mass is 32.1. The zero-order valence-electron chi connectivity index (χ0n) is 12.9. The van der Waals surface area contributed by atoms with Crippen LogP contribution in [-0.2, 0) is 14.3 Å². The molecule has 2 N–H and O–H groups in total. The van der Waals surface area contributed by atoms with E-state index in [0.717, 1.165) is 11.3 Å². The first-order valence-electron chi connectivity index (χ1n) is 7.15. The van der Waals surface area contributed by atoms with E-state index in [2.05, 4.69) is 10.6 Å². The summed E-state index contributed by atoms with van der Waals surface area (Å²) in [4.78, 5) is 23.6. The number of nitrogens with one attached hydrogen (secondary N) is 2. The minimum atomic E-state index is -0.497. The van der Waals surface area contributed by atoms with Crippen LogP contribution in [0.3, 0.4) is 0 Å². The van der Waals surface area contributed by atoms with Gasteiger partial charge in [-0.2, -0.15) is 0 Å². The van der Waals surface area contributed by atoms with Crippen molar-refractivity contribution in [3.63, 3.8) is 0 Å². The molecule has 1 amide bonds. The van der Waals surface area contributed by atoms with Crippen LogP contribution in [0.15, 0.2) is 24.3 Å². The van der Waals surface area contributed by atoms with Crippen LogP contribution in [0.1, 0.15) is 32.3 Å². The number of carbonyl (C=O) groups is 2. The summed E-state index contributed by atoms with van der Waals surface area (Å²) in [6, 6.07) is 7.65. The first-order valence-corrected chi connectivity index (χ1v) is 7.56. The van der Waals surface area contributed by atoms with Gasteiger partial charge in [-0.1, -0.05) is 17.7 Å². The maximum absolute atomic E-state index is 12.0. The van der Waals surface area contributed by atoms with E-state index < -0.39 is 11.5 Å². The van der Waals surface area contributed by atoms with Gasteiger partial charge in [0, 0.05) is 18.5 Å². The largest absolute Gasteiger partial charge is 0.459 e. The van der Waals surface area contributed by atoms with Crippen LogP contribution in [-0.4, -0.2) is 22.6 Å². The zero-order valence-corrected chi connectivity index (χ0v) is 13.8. The third kappa shape index (κ3) is 4.53. The summed E-state index contributed by atoms with van der Waals surface area (Å²) in [6.07, 6.45) is 0.620. The number of thiocarbonyl (C=S) groups is 1. The fourth-order valence-electron chi connectivity index (χ4n) is 2.43. The number of hydrogen-bond acceptors (Lipinski definition) is 4. The lowest BCUT2D eigenvalue weighted by atomic mass is 9.95. The second-order valence-electron chi connectivity index (χ2n) is 6.15. The minimum absolute atomic E-state index is 0.0813. The van der Waals surface area contributed by atoms with E-state index >= 15 is 0 Å². The summed E-state index contributed by atoms with van der Waals surface area (Å²) < 4.78 is 5.21. The summed E-state index contributed by atoms with van der Waals surface area (Å²) in [6.45, 7) is 5.67. The molecule has 0 bridgehead atoms. The minimum Gasteiger partial charge on any atom is -0.459 e. The monoisotopic (exact) mass is 320 g/mol. The number of carbonyl (C=O) groups excluding carboxylic acids is 2. The zero-order chi connectivity index (χ0) is 16.3. The molecule has 0 saturated carbocycles. The Labute approximate surface area is 135 Å². The summed E-state index contributed by atoms with van der Waals surface area (Å²) in [5.74, 6) is -1.01. The number of amides is 1. The van der Waals surface area contributed by atoms with Gasteiger partial charge in [-0.25, -0.2) is 0 Å². The highest BCUT2D eigenvalue weighted by molar-refractivity contribution is 7.80. The third-order valence-corrected chi connectivity index (χ3v) is 3.65. The van der Waals surface area contributed by atoms with Crippen LogP contribution in [0.25, 0.3) is 0 Å². The van der Waals surface area contributed by atoms with Gasteiger partial charge in [0.2, 0.25) is 5.91 Å². The van der Waals surface area contributed by atoms with Crippen LogP contribution >= 0.6 is 12.2 Å². The summed E-state index contributed by atoms with van der Waals surface area (Å²) in [7, 11) is 0. The van der Waals surface area contributed by atoms with Crippen LogP contribution < -0.4 is 10.6 Å². The first-order chi connectivity index (χ1) is 10.2. The van der Waals surface area contributed by atoms with Crippen molar-refractivity contribution in [2.75, 3.05) is 5.32 Å². The number of aryl methyl sites for hydroxylation is 1. The SMILES string of the molecule is Cc1ccc(NC(=S)NC(=O)C[C@@H]2CC(C)(C)OC2=O)cc1. The van der Waals surface area contributed by atoms with Crippen LogP contribution in [0.5, 0.6) is 0 Å². The molecule has 0 spiro atoms. The Morgan fingerprint density at radius 3 is 2.55 bits per heavy atom. The molecule has 1 heterocycles. The summed E-state index contributed by atoms with van der Waals surface area (Å²) >= 11 is 5.10. The standard InChI is InChI=1S/C16H20N2O3S/c1-10-4-6-12(7-5-10)17-15(22)18-13(19)8-11-9-16(2,3)21-14(11)20/h4-7,11H,8-9H2,1-3H3,(H2,17,18,19,22)/t11-/m1/s1. The lowest BCUT2D eigenvalue weighted by molar-refractivity contribution is -0.149. The van der Waals surface area contributed by atoms with Crippen molar-refractivity contribution >= 4 is 34.9 Å². The lowest BCUT2D eigenvalue weighted by Crippen LogP contribution is -2.35. The van der Waals surface area contributed by atoms with Crippen molar-refractivity contribution in [1.29, 1.82) is 0 Å². The highest BCUT2D eigenvalue weighted by Gasteiger charge is 2.40. The normalized spacial score (nSPS) is 19.4. The summed E-state index contributed by atoms with van der Waals surface area (Å²) in [5.41, 5.74) is 1.45. The quantitative estimate of drug-likeness (QED) is 0.662. The predicted molar refractivity (Wildman–Crippen MR) is 88.4 cm³/mol. The molecule has 0 aliphatic carbocycles. The molecule has 1 aliphatic rings. The van der Waals surface area contributed by atoms with E-state index in [0.29, 0.717) is 6.42 Å². The van der Waals surface area contributed by atoms with Crippen molar-refractivity contribution in [3.05, 3.63) is 29.8 Å². The molecular formula is C16H20N2O3S. The van der Waals surface area contributed by atoms with E-state index in [1.165, 1.54) is 0 Å². The Bertz CT molecular complexity index is 596. The molecule has 0 unspecified atom stereocenters. The van der Waals surface area contributed by atoms with Gasteiger partial charge in [-0.3, -0.25) is 9.59 Å². The van der Waals surface area contributed by atoms with Crippen LogP contribution in [0.4, 0.5) is 5.69 Å². The summed E-state index contributed by atoms with van der Waals surface area (Å²) in [5, 5.41) is 5.75.